The maximum atomic E-state index is 11.8. The zero-order chi connectivity index (χ0) is 20.8. The zero-order valence-corrected chi connectivity index (χ0v) is 17.6. The number of amides is 1. The number of fused-ring (bicyclic) bond motifs is 1. The minimum absolute atomic E-state index is 0.0364. The van der Waals surface area contributed by atoms with E-state index in [4.69, 9.17) is 9.47 Å². The molecule has 0 unspecified atom stereocenters. The number of methoxy groups -OCH3 is 1. The van der Waals surface area contributed by atoms with Crippen molar-refractivity contribution in [1.29, 1.82) is 0 Å². The molecule has 0 fully saturated rings. The first-order valence-corrected chi connectivity index (χ1v) is 9.92. The van der Waals surface area contributed by atoms with Crippen LogP contribution in [-0.4, -0.2) is 35.8 Å². The lowest BCUT2D eigenvalue weighted by Gasteiger charge is -2.16. The molecule has 0 aliphatic heterocycles. The summed E-state index contributed by atoms with van der Waals surface area (Å²) in [7, 11) is 1.50. The molecule has 0 atom stereocenters. The van der Waals surface area contributed by atoms with Crippen molar-refractivity contribution in [2.75, 3.05) is 20.3 Å². The molecule has 3 rings (SSSR count). The fourth-order valence-electron chi connectivity index (χ4n) is 3.36. The van der Waals surface area contributed by atoms with Gasteiger partial charge in [-0.2, -0.15) is 0 Å². The summed E-state index contributed by atoms with van der Waals surface area (Å²) < 4.78 is 13.1. The van der Waals surface area contributed by atoms with Gasteiger partial charge in [0.15, 0.2) is 0 Å². The molecule has 154 valence electrons. The molecule has 29 heavy (non-hydrogen) atoms. The van der Waals surface area contributed by atoms with Gasteiger partial charge in [0.2, 0.25) is 5.91 Å². The van der Waals surface area contributed by atoms with Crippen molar-refractivity contribution in [2.24, 2.45) is 0 Å². The molecule has 0 bridgehead atoms. The van der Waals surface area contributed by atoms with E-state index < -0.39 is 0 Å². The van der Waals surface area contributed by atoms with Crippen LogP contribution >= 0.6 is 0 Å². The van der Waals surface area contributed by atoms with Crippen molar-refractivity contribution < 1.29 is 14.3 Å². The van der Waals surface area contributed by atoms with Crippen LogP contribution in [0.1, 0.15) is 36.7 Å². The maximum Gasteiger partial charge on any atom is 0.246 e. The van der Waals surface area contributed by atoms with Gasteiger partial charge in [-0.15, -0.1) is 0 Å². The third kappa shape index (κ3) is 5.15. The monoisotopic (exact) mass is 395 g/mol. The number of rotatable bonds is 9. The van der Waals surface area contributed by atoms with Crippen LogP contribution in [0.4, 0.5) is 0 Å². The van der Waals surface area contributed by atoms with E-state index in [1.807, 2.05) is 24.3 Å². The van der Waals surface area contributed by atoms with Crippen LogP contribution in [0.3, 0.4) is 0 Å². The SMILES string of the molecule is COCC(=O)NCc1nc2ccccc2n1CCOc1cc(C)ccc1C(C)C. The molecule has 6 nitrogen and oxygen atoms in total. The number of carbonyl (C=O) groups is 1. The summed E-state index contributed by atoms with van der Waals surface area (Å²) in [6, 6.07) is 14.3. The molecular weight excluding hydrogens is 366 g/mol. The Morgan fingerprint density at radius 3 is 2.76 bits per heavy atom. The second-order valence-electron chi connectivity index (χ2n) is 7.42. The fourth-order valence-corrected chi connectivity index (χ4v) is 3.36. The lowest BCUT2D eigenvalue weighted by molar-refractivity contribution is -0.124. The molecule has 2 aromatic carbocycles. The summed E-state index contributed by atoms with van der Waals surface area (Å²) in [5.74, 6) is 1.96. The third-order valence-electron chi connectivity index (χ3n) is 4.82. The van der Waals surface area contributed by atoms with Gasteiger partial charge < -0.3 is 19.4 Å². The van der Waals surface area contributed by atoms with E-state index in [9.17, 15) is 4.79 Å². The number of benzene rings is 2. The van der Waals surface area contributed by atoms with Gasteiger partial charge in [-0.1, -0.05) is 38.1 Å². The van der Waals surface area contributed by atoms with Crippen LogP contribution in [-0.2, 0) is 22.6 Å². The van der Waals surface area contributed by atoms with Gasteiger partial charge in [-0.05, 0) is 42.2 Å². The highest BCUT2D eigenvalue weighted by atomic mass is 16.5. The summed E-state index contributed by atoms with van der Waals surface area (Å²) >= 11 is 0. The fraction of sp³-hybridized carbons (Fsp3) is 0.391. The first-order chi connectivity index (χ1) is 14.0. The van der Waals surface area contributed by atoms with Crippen LogP contribution in [0.25, 0.3) is 11.0 Å². The van der Waals surface area contributed by atoms with Gasteiger partial charge in [0.05, 0.1) is 24.1 Å². The molecule has 3 aromatic rings. The molecule has 0 spiro atoms. The number of para-hydroxylation sites is 2. The lowest BCUT2D eigenvalue weighted by Crippen LogP contribution is -2.28. The summed E-state index contributed by atoms with van der Waals surface area (Å²) in [6.45, 7) is 7.95. The van der Waals surface area contributed by atoms with Gasteiger partial charge in [0, 0.05) is 7.11 Å². The number of ether oxygens (including phenoxy) is 2. The topological polar surface area (TPSA) is 65.4 Å². The molecule has 1 amide bonds. The number of carbonyl (C=O) groups excluding carboxylic acids is 1. The van der Waals surface area contributed by atoms with E-state index in [0.717, 1.165) is 22.6 Å². The summed E-state index contributed by atoms with van der Waals surface area (Å²) in [5, 5.41) is 2.85. The molecule has 0 aliphatic rings. The average molecular weight is 396 g/mol. The van der Waals surface area contributed by atoms with E-state index in [0.29, 0.717) is 25.6 Å². The van der Waals surface area contributed by atoms with Crippen molar-refractivity contribution in [3.63, 3.8) is 0 Å². The van der Waals surface area contributed by atoms with Crippen molar-refractivity contribution >= 4 is 16.9 Å². The van der Waals surface area contributed by atoms with Gasteiger partial charge in [-0.3, -0.25) is 4.79 Å². The van der Waals surface area contributed by atoms with Crippen LogP contribution in [0, 0.1) is 6.92 Å². The number of hydrogen-bond acceptors (Lipinski definition) is 4. The molecule has 0 aliphatic carbocycles. The predicted octanol–water partition coefficient (Wildman–Crippen LogP) is 3.81. The van der Waals surface area contributed by atoms with E-state index in [1.54, 1.807) is 0 Å². The van der Waals surface area contributed by atoms with E-state index in [1.165, 1.54) is 18.2 Å². The van der Waals surface area contributed by atoms with Gasteiger partial charge >= 0.3 is 0 Å². The first-order valence-electron chi connectivity index (χ1n) is 9.92. The Hall–Kier alpha value is -2.86. The summed E-state index contributed by atoms with van der Waals surface area (Å²) in [6.07, 6.45) is 0. The number of hydrogen-bond donors (Lipinski definition) is 1. The molecule has 1 N–H and O–H groups in total. The Kier molecular flexibility index (Phi) is 6.88. The minimum Gasteiger partial charge on any atom is -0.491 e. The number of aromatic nitrogens is 2. The Balaban J connectivity index is 1.76. The van der Waals surface area contributed by atoms with E-state index >= 15 is 0 Å². The van der Waals surface area contributed by atoms with Gasteiger partial charge in [0.25, 0.3) is 0 Å². The molecule has 6 heteroatoms. The second-order valence-corrected chi connectivity index (χ2v) is 7.42. The van der Waals surface area contributed by atoms with Crippen molar-refractivity contribution in [3.05, 3.63) is 59.4 Å². The molecule has 1 aromatic heterocycles. The van der Waals surface area contributed by atoms with Gasteiger partial charge in [0.1, 0.15) is 24.8 Å². The van der Waals surface area contributed by atoms with E-state index in [-0.39, 0.29) is 12.5 Å². The average Bonchev–Trinajstić information content (AvgIpc) is 3.04. The van der Waals surface area contributed by atoms with Crippen molar-refractivity contribution in [2.45, 2.75) is 39.8 Å². The van der Waals surface area contributed by atoms with Crippen molar-refractivity contribution in [1.82, 2.24) is 14.9 Å². The normalized spacial score (nSPS) is 11.2. The standard InChI is InChI=1S/C23H29N3O3/c1-16(2)18-10-9-17(3)13-21(18)29-12-11-26-20-8-6-5-7-19(20)25-22(26)14-24-23(27)15-28-4/h5-10,13,16H,11-12,14-15H2,1-4H3,(H,24,27). The summed E-state index contributed by atoms with van der Waals surface area (Å²) in [4.78, 5) is 16.5. The minimum atomic E-state index is -0.163. The summed E-state index contributed by atoms with van der Waals surface area (Å²) in [5.41, 5.74) is 4.32. The Bertz CT molecular complexity index is 979. The maximum absolute atomic E-state index is 11.8. The Morgan fingerprint density at radius 2 is 2.00 bits per heavy atom. The van der Waals surface area contributed by atoms with Crippen LogP contribution in [0.15, 0.2) is 42.5 Å². The van der Waals surface area contributed by atoms with Crippen molar-refractivity contribution in [3.8, 4) is 5.75 Å². The Labute approximate surface area is 171 Å². The number of nitrogens with one attached hydrogen (secondary N) is 1. The highest BCUT2D eigenvalue weighted by Crippen LogP contribution is 2.27. The Morgan fingerprint density at radius 1 is 1.21 bits per heavy atom. The molecule has 0 saturated heterocycles. The molecule has 1 heterocycles. The zero-order valence-electron chi connectivity index (χ0n) is 17.6. The number of imidazole rings is 1. The predicted molar refractivity (Wildman–Crippen MR) is 114 cm³/mol. The smallest absolute Gasteiger partial charge is 0.246 e. The van der Waals surface area contributed by atoms with Crippen LogP contribution < -0.4 is 10.1 Å². The molecule has 0 saturated carbocycles. The van der Waals surface area contributed by atoms with Crippen LogP contribution in [0.5, 0.6) is 5.75 Å². The second kappa shape index (κ2) is 9.56. The van der Waals surface area contributed by atoms with Gasteiger partial charge in [-0.25, -0.2) is 4.98 Å². The first kappa shape index (κ1) is 20.9. The van der Waals surface area contributed by atoms with E-state index in [2.05, 4.69) is 53.8 Å². The number of aryl methyl sites for hydroxylation is 1. The quantitative estimate of drug-likeness (QED) is 0.598. The lowest BCUT2D eigenvalue weighted by atomic mass is 10.0. The number of nitrogens with zero attached hydrogens (tertiary/aromatic N) is 2. The molecular formula is C23H29N3O3. The highest BCUT2D eigenvalue weighted by molar-refractivity contribution is 5.78. The van der Waals surface area contributed by atoms with Crippen LogP contribution in [0.2, 0.25) is 0 Å². The molecule has 0 radical (unpaired) electrons. The third-order valence-corrected chi connectivity index (χ3v) is 4.82. The highest BCUT2D eigenvalue weighted by Gasteiger charge is 2.13. The largest absolute Gasteiger partial charge is 0.491 e.